The molecule has 1 aliphatic carbocycles. The zero-order chi connectivity index (χ0) is 15.4. The second kappa shape index (κ2) is 7.03. The van der Waals surface area contributed by atoms with Gasteiger partial charge in [-0.2, -0.15) is 0 Å². The van der Waals surface area contributed by atoms with Crippen molar-refractivity contribution in [3.05, 3.63) is 35.9 Å². The predicted molar refractivity (Wildman–Crippen MR) is 93.5 cm³/mol. The highest BCUT2D eigenvalue weighted by molar-refractivity contribution is 9.09. The normalized spacial score (nSPS) is 21.8. The lowest BCUT2D eigenvalue weighted by molar-refractivity contribution is 0.185. The van der Waals surface area contributed by atoms with Gasteiger partial charge in [-0.15, -0.1) is 0 Å². The third kappa shape index (κ3) is 3.48. The van der Waals surface area contributed by atoms with E-state index >= 15 is 0 Å². The van der Waals surface area contributed by atoms with Crippen molar-refractivity contribution in [1.82, 2.24) is 10.2 Å². The van der Waals surface area contributed by atoms with Crippen molar-refractivity contribution < 1.29 is 4.79 Å². The number of hydrogen-bond acceptors (Lipinski definition) is 1. The summed E-state index contributed by atoms with van der Waals surface area (Å²) in [4.78, 5) is 15.0. The number of nitrogens with one attached hydrogen (secondary N) is 1. The minimum Gasteiger partial charge on any atom is -0.337 e. The number of amides is 2. The van der Waals surface area contributed by atoms with Gasteiger partial charge >= 0.3 is 6.03 Å². The van der Waals surface area contributed by atoms with Crippen LogP contribution >= 0.6 is 15.9 Å². The van der Waals surface area contributed by atoms with Crippen LogP contribution < -0.4 is 5.32 Å². The molecule has 1 aromatic carbocycles. The van der Waals surface area contributed by atoms with E-state index in [0.29, 0.717) is 4.83 Å². The molecule has 3 nitrogen and oxygen atoms in total. The van der Waals surface area contributed by atoms with Crippen molar-refractivity contribution in [3.63, 3.8) is 0 Å². The van der Waals surface area contributed by atoms with Crippen LogP contribution in [0.4, 0.5) is 4.79 Å². The van der Waals surface area contributed by atoms with Crippen molar-refractivity contribution in [2.24, 2.45) is 0 Å². The Balaban J connectivity index is 1.62. The fourth-order valence-corrected chi connectivity index (χ4v) is 4.23. The average Bonchev–Trinajstić information content (AvgIpc) is 3.04. The molecule has 1 saturated carbocycles. The summed E-state index contributed by atoms with van der Waals surface area (Å²) in [6.45, 7) is 2.49. The van der Waals surface area contributed by atoms with Crippen LogP contribution in [0.15, 0.2) is 30.3 Å². The summed E-state index contributed by atoms with van der Waals surface area (Å²) in [5, 5.41) is 3.22. The van der Waals surface area contributed by atoms with Crippen LogP contribution in [0.2, 0.25) is 0 Å². The number of halogens is 1. The Hall–Kier alpha value is -1.03. The summed E-state index contributed by atoms with van der Waals surface area (Å²) in [5.74, 6) is 0. The molecule has 4 heteroatoms. The van der Waals surface area contributed by atoms with Gasteiger partial charge in [0.25, 0.3) is 0 Å². The van der Waals surface area contributed by atoms with E-state index in [0.717, 1.165) is 32.5 Å². The van der Waals surface area contributed by atoms with Crippen molar-refractivity contribution in [1.29, 1.82) is 0 Å². The van der Waals surface area contributed by atoms with Gasteiger partial charge in [-0.05, 0) is 31.2 Å². The molecule has 1 saturated heterocycles. The molecule has 2 fully saturated rings. The lowest BCUT2D eigenvalue weighted by atomic mass is 9.79. The highest BCUT2D eigenvalue weighted by Gasteiger charge is 2.36. The summed E-state index contributed by atoms with van der Waals surface area (Å²) < 4.78 is 0. The van der Waals surface area contributed by atoms with Crippen molar-refractivity contribution in [3.8, 4) is 0 Å². The standard InChI is InChI=1S/C18H25BrN2O/c19-16-8-12-21(13-9-16)17(22)20-14-18(10-4-5-11-18)15-6-2-1-3-7-15/h1-3,6-7,16H,4-5,8-14H2,(H,20,22). The third-order valence-corrected chi connectivity index (χ3v) is 6.15. The number of hydrogen-bond donors (Lipinski definition) is 1. The molecular formula is C18H25BrN2O. The molecule has 2 aliphatic rings. The van der Waals surface area contributed by atoms with Crippen molar-refractivity contribution in [2.75, 3.05) is 19.6 Å². The fourth-order valence-electron chi connectivity index (χ4n) is 3.82. The molecule has 3 rings (SSSR count). The Morgan fingerprint density at radius 1 is 1.18 bits per heavy atom. The summed E-state index contributed by atoms with van der Waals surface area (Å²) in [6, 6.07) is 10.8. The van der Waals surface area contributed by atoms with Crippen LogP contribution in [0.1, 0.15) is 44.1 Å². The number of rotatable bonds is 3. The maximum absolute atomic E-state index is 12.4. The van der Waals surface area contributed by atoms with E-state index in [1.807, 2.05) is 4.90 Å². The first-order chi connectivity index (χ1) is 10.7. The van der Waals surface area contributed by atoms with E-state index in [2.05, 4.69) is 51.6 Å². The summed E-state index contributed by atoms with van der Waals surface area (Å²) in [7, 11) is 0. The van der Waals surface area contributed by atoms with Gasteiger partial charge in [0, 0.05) is 29.9 Å². The molecule has 120 valence electrons. The molecule has 1 aliphatic heterocycles. The SMILES string of the molecule is O=C(NCC1(c2ccccc2)CCCC1)N1CCC(Br)CC1. The molecule has 22 heavy (non-hydrogen) atoms. The Bertz CT molecular complexity index is 491. The molecule has 0 aromatic heterocycles. The number of carbonyl (C=O) groups is 1. The Kier molecular flexibility index (Phi) is 5.07. The Labute approximate surface area is 141 Å². The first-order valence-electron chi connectivity index (χ1n) is 8.42. The van der Waals surface area contributed by atoms with E-state index in [4.69, 9.17) is 0 Å². The first kappa shape index (κ1) is 15.9. The second-order valence-corrected chi connectivity index (χ2v) is 7.97. The topological polar surface area (TPSA) is 32.3 Å². The maximum atomic E-state index is 12.4. The van der Waals surface area contributed by atoms with Gasteiger partial charge in [0.05, 0.1) is 0 Å². The van der Waals surface area contributed by atoms with Crippen LogP contribution in [0.5, 0.6) is 0 Å². The van der Waals surface area contributed by atoms with Gasteiger partial charge in [-0.1, -0.05) is 59.1 Å². The summed E-state index contributed by atoms with van der Waals surface area (Å²) >= 11 is 3.64. The largest absolute Gasteiger partial charge is 0.337 e. The molecule has 1 N–H and O–H groups in total. The van der Waals surface area contributed by atoms with Crippen LogP contribution in [0.3, 0.4) is 0 Å². The molecule has 0 radical (unpaired) electrons. The summed E-state index contributed by atoms with van der Waals surface area (Å²) in [6.07, 6.45) is 7.00. The van der Waals surface area contributed by atoms with E-state index in [1.54, 1.807) is 0 Å². The molecule has 1 aromatic rings. The molecule has 0 spiro atoms. The van der Waals surface area contributed by atoms with Crippen molar-refractivity contribution >= 4 is 22.0 Å². The van der Waals surface area contributed by atoms with Gasteiger partial charge in [0.2, 0.25) is 0 Å². The minimum atomic E-state index is 0.113. The van der Waals surface area contributed by atoms with E-state index < -0.39 is 0 Å². The Morgan fingerprint density at radius 3 is 2.45 bits per heavy atom. The number of piperidine rings is 1. The number of benzene rings is 1. The lowest BCUT2D eigenvalue weighted by Gasteiger charge is -2.33. The van der Waals surface area contributed by atoms with E-state index in [-0.39, 0.29) is 11.4 Å². The molecule has 0 unspecified atom stereocenters. The van der Waals surface area contributed by atoms with Crippen LogP contribution in [-0.4, -0.2) is 35.4 Å². The van der Waals surface area contributed by atoms with Gasteiger partial charge < -0.3 is 10.2 Å². The van der Waals surface area contributed by atoms with Gasteiger partial charge in [-0.25, -0.2) is 4.79 Å². The molecule has 2 amide bonds. The van der Waals surface area contributed by atoms with Crippen LogP contribution in [0.25, 0.3) is 0 Å². The predicted octanol–water partition coefficient (Wildman–Crippen LogP) is 4.07. The van der Waals surface area contributed by atoms with Crippen LogP contribution in [0, 0.1) is 0 Å². The van der Waals surface area contributed by atoms with Gasteiger partial charge in [0.15, 0.2) is 0 Å². The average molecular weight is 365 g/mol. The number of carbonyl (C=O) groups excluding carboxylic acids is 1. The molecule has 0 bridgehead atoms. The molecule has 1 heterocycles. The zero-order valence-electron chi connectivity index (χ0n) is 13.1. The number of urea groups is 1. The lowest BCUT2D eigenvalue weighted by Crippen LogP contribution is -2.48. The Morgan fingerprint density at radius 2 is 1.82 bits per heavy atom. The van der Waals surface area contributed by atoms with E-state index in [1.165, 1.54) is 31.2 Å². The number of nitrogens with zero attached hydrogens (tertiary/aromatic N) is 1. The molecular weight excluding hydrogens is 340 g/mol. The monoisotopic (exact) mass is 364 g/mol. The van der Waals surface area contributed by atoms with Crippen molar-refractivity contribution in [2.45, 2.75) is 48.8 Å². The highest BCUT2D eigenvalue weighted by atomic mass is 79.9. The first-order valence-corrected chi connectivity index (χ1v) is 9.34. The quantitative estimate of drug-likeness (QED) is 0.805. The van der Waals surface area contributed by atoms with Crippen LogP contribution in [-0.2, 0) is 5.41 Å². The third-order valence-electron chi connectivity index (χ3n) is 5.24. The van der Waals surface area contributed by atoms with Gasteiger partial charge in [0.1, 0.15) is 0 Å². The van der Waals surface area contributed by atoms with E-state index in [9.17, 15) is 4.79 Å². The molecule has 0 atom stereocenters. The smallest absolute Gasteiger partial charge is 0.317 e. The number of alkyl halides is 1. The second-order valence-electron chi connectivity index (χ2n) is 6.67. The number of likely N-dealkylation sites (tertiary alicyclic amines) is 1. The summed E-state index contributed by atoms with van der Waals surface area (Å²) in [5.41, 5.74) is 1.52. The van der Waals surface area contributed by atoms with Gasteiger partial charge in [-0.3, -0.25) is 0 Å². The fraction of sp³-hybridized carbons (Fsp3) is 0.611. The maximum Gasteiger partial charge on any atom is 0.317 e. The highest BCUT2D eigenvalue weighted by Crippen LogP contribution is 2.40. The zero-order valence-corrected chi connectivity index (χ0v) is 14.6. The minimum absolute atomic E-state index is 0.113.